The van der Waals surface area contributed by atoms with Gasteiger partial charge < -0.3 is 9.47 Å². The second kappa shape index (κ2) is 7.57. The van der Waals surface area contributed by atoms with Gasteiger partial charge in [-0.3, -0.25) is 4.55 Å². The number of hydrogen-bond acceptors (Lipinski definition) is 6. The highest BCUT2D eigenvalue weighted by Crippen LogP contribution is 2.27. The summed E-state index contributed by atoms with van der Waals surface area (Å²) in [5, 5.41) is -3.53. The van der Waals surface area contributed by atoms with Crippen molar-refractivity contribution in [2.75, 3.05) is 0 Å². The van der Waals surface area contributed by atoms with E-state index in [9.17, 15) is 26.8 Å². The predicted molar refractivity (Wildman–Crippen MR) is 97.5 cm³/mol. The summed E-state index contributed by atoms with van der Waals surface area (Å²) in [6.07, 6.45) is 0. The van der Waals surface area contributed by atoms with Crippen LogP contribution >= 0.6 is 0 Å². The quantitative estimate of drug-likeness (QED) is 0.381. The minimum atomic E-state index is -6.05. The van der Waals surface area contributed by atoms with Crippen molar-refractivity contribution in [1.82, 2.24) is 0 Å². The van der Waals surface area contributed by atoms with Crippen molar-refractivity contribution in [1.29, 1.82) is 0 Å². The molecule has 10 heteroatoms. The monoisotopic (exact) mass is 422 g/mol. The molecule has 0 unspecified atom stereocenters. The van der Waals surface area contributed by atoms with Gasteiger partial charge in [0.25, 0.3) is 0 Å². The number of halogens is 2. The highest BCUT2D eigenvalue weighted by atomic mass is 32.2. The molecule has 0 aliphatic heterocycles. The molecule has 0 bridgehead atoms. The van der Waals surface area contributed by atoms with Crippen LogP contribution in [0.15, 0.2) is 66.7 Å². The third-order valence-electron chi connectivity index (χ3n) is 3.80. The second-order valence-electron chi connectivity index (χ2n) is 5.78. The van der Waals surface area contributed by atoms with Gasteiger partial charge in [0.2, 0.25) is 0 Å². The molecular weight excluding hydrogens is 410 g/mol. The normalized spacial score (nSPS) is 11.8. The van der Waals surface area contributed by atoms with Crippen molar-refractivity contribution in [2.45, 2.75) is 5.25 Å². The van der Waals surface area contributed by atoms with Crippen molar-refractivity contribution in [3.8, 4) is 11.5 Å². The summed E-state index contributed by atoms with van der Waals surface area (Å²) in [7, 11) is -6.05. The van der Waals surface area contributed by atoms with Gasteiger partial charge in [-0.05, 0) is 35.0 Å². The van der Waals surface area contributed by atoms with E-state index >= 15 is 0 Å². The Labute approximate surface area is 163 Å². The summed E-state index contributed by atoms with van der Waals surface area (Å²) in [4.78, 5) is 23.9. The maximum Gasteiger partial charge on any atom is 0.466 e. The van der Waals surface area contributed by atoms with Gasteiger partial charge in [0.15, 0.2) is 0 Å². The summed E-state index contributed by atoms with van der Waals surface area (Å²) >= 11 is 0. The van der Waals surface area contributed by atoms with Crippen LogP contribution < -0.4 is 9.47 Å². The molecule has 1 N–H and O–H groups in total. The number of hydrogen-bond donors (Lipinski definition) is 1. The molecule has 150 valence electrons. The van der Waals surface area contributed by atoms with Gasteiger partial charge in [0.1, 0.15) is 17.1 Å². The largest absolute Gasteiger partial charge is 0.466 e. The zero-order valence-corrected chi connectivity index (χ0v) is 15.2. The minimum absolute atomic E-state index is 0.151. The zero-order chi connectivity index (χ0) is 21.2. The molecule has 0 heterocycles. The minimum Gasteiger partial charge on any atom is -0.423 e. The molecule has 0 atom stereocenters. The summed E-state index contributed by atoms with van der Waals surface area (Å²) in [5.41, 5.74) is -0.403. The number of carbonyl (C=O) groups excluding carboxylic acids is 2. The van der Waals surface area contributed by atoms with Crippen LogP contribution in [0.2, 0.25) is 0 Å². The molecule has 7 nitrogen and oxygen atoms in total. The van der Waals surface area contributed by atoms with E-state index in [1.54, 1.807) is 24.3 Å². The number of rotatable bonds is 5. The van der Waals surface area contributed by atoms with Crippen LogP contribution in [0.3, 0.4) is 0 Å². The zero-order valence-electron chi connectivity index (χ0n) is 14.4. The Morgan fingerprint density at radius 2 is 1.48 bits per heavy atom. The van der Waals surface area contributed by atoms with Crippen LogP contribution in [-0.4, -0.2) is 30.2 Å². The molecule has 3 rings (SSSR count). The maximum absolute atomic E-state index is 13.4. The van der Waals surface area contributed by atoms with Gasteiger partial charge in [-0.25, -0.2) is 9.59 Å². The average Bonchev–Trinajstić information content (AvgIpc) is 2.67. The van der Waals surface area contributed by atoms with Crippen LogP contribution in [0.5, 0.6) is 11.5 Å². The van der Waals surface area contributed by atoms with Crippen molar-refractivity contribution in [3.05, 3.63) is 72.3 Å². The number of fused-ring (bicyclic) bond motifs is 1. The Kier molecular flexibility index (Phi) is 5.31. The Bertz CT molecular complexity index is 1210. The summed E-state index contributed by atoms with van der Waals surface area (Å²) < 4.78 is 66.2. The first kappa shape index (κ1) is 20.4. The molecule has 0 fully saturated rings. The molecule has 0 aliphatic rings. The van der Waals surface area contributed by atoms with Gasteiger partial charge in [-0.15, -0.1) is 0 Å². The van der Waals surface area contributed by atoms with Crippen LogP contribution in [-0.2, 0) is 14.9 Å². The number of carbonyl (C=O) groups is 2. The summed E-state index contributed by atoms with van der Waals surface area (Å²) in [6.45, 7) is 0. The van der Waals surface area contributed by atoms with Crippen molar-refractivity contribution >= 4 is 32.8 Å². The molecule has 0 radical (unpaired) electrons. The Balaban J connectivity index is 1.85. The molecule has 0 saturated heterocycles. The van der Waals surface area contributed by atoms with Gasteiger partial charge in [0.05, 0.1) is 0 Å². The second-order valence-corrected chi connectivity index (χ2v) is 7.24. The number of esters is 2. The molecule has 29 heavy (non-hydrogen) atoms. The lowest BCUT2D eigenvalue weighted by molar-refractivity contribution is -0.151. The SMILES string of the molecule is O=C(Oc1ccc2ccccc2c1)c1ccccc1OC(=O)C(F)(F)S(=O)(=O)O. The average molecular weight is 422 g/mol. The molecule has 0 aliphatic carbocycles. The molecule has 0 amide bonds. The molecule has 0 spiro atoms. The highest BCUT2D eigenvalue weighted by Gasteiger charge is 2.54. The maximum atomic E-state index is 13.4. The number of alkyl halides is 2. The Morgan fingerprint density at radius 3 is 2.17 bits per heavy atom. The van der Waals surface area contributed by atoms with Gasteiger partial charge >= 0.3 is 27.3 Å². The van der Waals surface area contributed by atoms with E-state index < -0.39 is 38.6 Å². The first-order valence-electron chi connectivity index (χ1n) is 7.97. The van der Waals surface area contributed by atoms with Crippen molar-refractivity contribution in [3.63, 3.8) is 0 Å². The van der Waals surface area contributed by atoms with Crippen LogP contribution in [0.25, 0.3) is 10.8 Å². The van der Waals surface area contributed by atoms with Crippen LogP contribution in [0.4, 0.5) is 8.78 Å². The molecule has 0 aromatic heterocycles. The van der Waals surface area contributed by atoms with E-state index in [1.165, 1.54) is 18.2 Å². The molecular formula is C19H12F2O7S. The van der Waals surface area contributed by atoms with E-state index in [4.69, 9.17) is 9.29 Å². The third-order valence-corrected chi connectivity index (χ3v) is 4.62. The first-order chi connectivity index (χ1) is 13.6. The summed E-state index contributed by atoms with van der Waals surface area (Å²) in [6, 6.07) is 16.8. The van der Waals surface area contributed by atoms with Gasteiger partial charge in [0, 0.05) is 0 Å². The van der Waals surface area contributed by atoms with E-state index in [2.05, 4.69) is 4.74 Å². The standard InChI is InChI=1S/C19H12F2O7S/c20-19(21,29(24,25)26)18(23)28-16-8-4-3-7-15(16)17(22)27-14-10-9-12-5-1-2-6-13(12)11-14/h1-11H,(H,24,25,26). The van der Waals surface area contributed by atoms with Gasteiger partial charge in [-0.2, -0.15) is 17.2 Å². The lowest BCUT2D eigenvalue weighted by Crippen LogP contribution is -2.40. The molecule has 3 aromatic rings. The van der Waals surface area contributed by atoms with Gasteiger partial charge in [-0.1, -0.05) is 42.5 Å². The smallest absolute Gasteiger partial charge is 0.423 e. The van der Waals surface area contributed by atoms with E-state index in [0.717, 1.165) is 22.9 Å². The fraction of sp³-hybridized carbons (Fsp3) is 0.0526. The fourth-order valence-corrected chi connectivity index (χ4v) is 2.63. The number of para-hydroxylation sites is 1. The Hall–Kier alpha value is -3.37. The summed E-state index contributed by atoms with van der Waals surface area (Å²) in [5.74, 6) is -4.10. The van der Waals surface area contributed by atoms with Crippen molar-refractivity contribution in [2.24, 2.45) is 0 Å². The lowest BCUT2D eigenvalue weighted by atomic mass is 10.1. The van der Waals surface area contributed by atoms with Crippen LogP contribution in [0.1, 0.15) is 10.4 Å². The van der Waals surface area contributed by atoms with E-state index in [-0.39, 0.29) is 5.75 Å². The predicted octanol–water partition coefficient (Wildman–Crippen LogP) is 3.45. The molecule has 0 saturated carbocycles. The van der Waals surface area contributed by atoms with Crippen molar-refractivity contribution < 1.29 is 40.8 Å². The number of benzene rings is 3. The number of ether oxygens (including phenoxy) is 2. The van der Waals surface area contributed by atoms with E-state index in [0.29, 0.717) is 0 Å². The topological polar surface area (TPSA) is 107 Å². The highest BCUT2D eigenvalue weighted by molar-refractivity contribution is 7.87. The Morgan fingerprint density at radius 1 is 0.862 bits per heavy atom. The third kappa shape index (κ3) is 4.23. The lowest BCUT2D eigenvalue weighted by Gasteiger charge is -2.14. The fourth-order valence-electron chi connectivity index (χ4n) is 2.38. The van der Waals surface area contributed by atoms with Crippen LogP contribution in [0, 0.1) is 0 Å². The first-order valence-corrected chi connectivity index (χ1v) is 9.41. The molecule has 3 aromatic carbocycles. The van der Waals surface area contributed by atoms with E-state index in [1.807, 2.05) is 12.1 Å².